The summed E-state index contributed by atoms with van der Waals surface area (Å²) in [7, 11) is 0. The van der Waals surface area contributed by atoms with Crippen molar-refractivity contribution >= 4 is 22.8 Å². The fourth-order valence-electron chi connectivity index (χ4n) is 5.76. The monoisotopic (exact) mass is 526 g/mol. The third kappa shape index (κ3) is 5.95. The van der Waals surface area contributed by atoms with Crippen LogP contribution >= 0.6 is 0 Å². The summed E-state index contributed by atoms with van der Waals surface area (Å²) in [6.07, 6.45) is 5.01. The average Bonchev–Trinajstić information content (AvgIpc) is 3.56. The van der Waals surface area contributed by atoms with Crippen LogP contribution in [0.25, 0.3) is 22.2 Å². The van der Waals surface area contributed by atoms with Crippen LogP contribution in [0.4, 0.5) is 0 Å². The first-order valence-electron chi connectivity index (χ1n) is 14.2. The van der Waals surface area contributed by atoms with E-state index in [1.807, 2.05) is 32.6 Å². The molecule has 0 spiro atoms. The Morgan fingerprint density at radius 1 is 1.10 bits per heavy atom. The summed E-state index contributed by atoms with van der Waals surface area (Å²) in [5.74, 6) is 0.801. The highest BCUT2D eigenvalue weighted by Gasteiger charge is 2.33. The number of aromatic nitrogens is 1. The number of hydrogen-bond acceptors (Lipinski definition) is 3. The van der Waals surface area contributed by atoms with Gasteiger partial charge in [0.2, 0.25) is 11.9 Å². The molecule has 1 saturated heterocycles. The molecule has 2 N–H and O–H groups in total. The van der Waals surface area contributed by atoms with Crippen molar-refractivity contribution in [3.05, 3.63) is 58.7 Å². The fourth-order valence-corrected chi connectivity index (χ4v) is 5.76. The van der Waals surface area contributed by atoms with Gasteiger partial charge in [-0.05, 0) is 102 Å². The summed E-state index contributed by atoms with van der Waals surface area (Å²) >= 11 is 0. The second-order valence-corrected chi connectivity index (χ2v) is 11.1. The largest absolute Gasteiger partial charge is 0.354 e. The minimum atomic E-state index is -0.646. The van der Waals surface area contributed by atoms with Gasteiger partial charge in [-0.15, -0.1) is 0 Å². The second-order valence-electron chi connectivity index (χ2n) is 11.1. The molecular formula is C32H42N6O. The molecule has 4 rings (SSSR count). The van der Waals surface area contributed by atoms with Crippen molar-refractivity contribution in [2.24, 2.45) is 4.99 Å². The zero-order valence-electron chi connectivity index (χ0n) is 24.3. The molecule has 0 radical (unpaired) electrons. The lowest BCUT2D eigenvalue weighted by Gasteiger charge is -2.31. The van der Waals surface area contributed by atoms with Crippen LogP contribution in [0, 0.1) is 25.3 Å². The Kier molecular flexibility index (Phi) is 8.64. The molecular weight excluding hydrogens is 484 g/mol. The Bertz CT molecular complexity index is 1380. The molecule has 2 aromatic carbocycles. The predicted molar refractivity (Wildman–Crippen MR) is 160 cm³/mol. The van der Waals surface area contributed by atoms with Gasteiger partial charge in [-0.25, -0.2) is 0 Å². The number of nitriles is 1. The van der Waals surface area contributed by atoms with E-state index in [1.54, 1.807) is 0 Å². The molecule has 39 heavy (non-hydrogen) atoms. The third-order valence-electron chi connectivity index (χ3n) is 7.92. The van der Waals surface area contributed by atoms with Gasteiger partial charge in [-0.2, -0.15) is 5.26 Å². The van der Waals surface area contributed by atoms with Crippen molar-refractivity contribution in [1.82, 2.24) is 20.1 Å². The molecule has 1 aliphatic rings. The molecule has 1 aromatic heterocycles. The number of fused-ring (bicyclic) bond motifs is 1. The van der Waals surface area contributed by atoms with Gasteiger partial charge in [-0.1, -0.05) is 23.3 Å². The molecule has 2 heterocycles. The summed E-state index contributed by atoms with van der Waals surface area (Å²) < 4.78 is 0. The summed E-state index contributed by atoms with van der Waals surface area (Å²) in [6.45, 7) is 16.1. The van der Waals surface area contributed by atoms with Crippen molar-refractivity contribution in [1.29, 1.82) is 5.26 Å². The molecule has 7 heteroatoms. The van der Waals surface area contributed by atoms with Crippen LogP contribution in [0.2, 0.25) is 0 Å². The van der Waals surface area contributed by atoms with Crippen LogP contribution in [0.3, 0.4) is 0 Å². The van der Waals surface area contributed by atoms with E-state index in [9.17, 15) is 10.1 Å². The molecule has 0 atom stereocenters. The summed E-state index contributed by atoms with van der Waals surface area (Å²) in [5.41, 5.74) is 7.27. The molecule has 0 aliphatic carbocycles. The molecule has 7 nitrogen and oxygen atoms in total. The first-order valence-corrected chi connectivity index (χ1v) is 14.2. The minimum Gasteiger partial charge on any atom is -0.354 e. The molecule has 1 amide bonds. The molecule has 0 bridgehead atoms. The molecule has 1 fully saturated rings. The Balaban J connectivity index is 1.79. The summed E-state index contributed by atoms with van der Waals surface area (Å²) in [6, 6.07) is 13.0. The number of carbonyl (C=O) groups excluding carboxylic acids is 1. The molecule has 0 saturated carbocycles. The number of nitrogens with zero attached hydrogens (tertiary/aromatic N) is 4. The Labute approximate surface area is 232 Å². The number of likely N-dealkylation sites (N-methyl/N-ethyl adjacent to an activating group) is 1. The van der Waals surface area contributed by atoms with Crippen LogP contribution in [-0.2, 0) is 16.6 Å². The molecule has 206 valence electrons. The standard InChI is InChI=1S/C32H42N6O/c1-7-37(8-2)30(39)32(5,6)25-11-12-28-27(20-25)26(29(36-28)24-18-22(3)17-23(4)19-24)13-14-34-31(35-21-33)38-15-9-10-16-38/h11-12,17-20,36H,7-10,13-16H2,1-6H3,(H,34,35). The van der Waals surface area contributed by atoms with Gasteiger partial charge in [0, 0.05) is 49.3 Å². The van der Waals surface area contributed by atoms with Crippen molar-refractivity contribution in [3.63, 3.8) is 0 Å². The Morgan fingerprint density at radius 3 is 2.38 bits per heavy atom. The zero-order chi connectivity index (χ0) is 28.2. The number of H-pyrrole nitrogens is 1. The van der Waals surface area contributed by atoms with E-state index < -0.39 is 5.41 Å². The predicted octanol–water partition coefficient (Wildman–Crippen LogP) is 5.66. The summed E-state index contributed by atoms with van der Waals surface area (Å²) in [5, 5.41) is 13.2. The van der Waals surface area contributed by atoms with Crippen molar-refractivity contribution in [2.75, 3.05) is 32.7 Å². The van der Waals surface area contributed by atoms with Gasteiger partial charge in [0.1, 0.15) is 0 Å². The van der Waals surface area contributed by atoms with Crippen molar-refractivity contribution in [2.45, 2.75) is 66.2 Å². The molecule has 1 aliphatic heterocycles. The van der Waals surface area contributed by atoms with E-state index in [4.69, 9.17) is 4.99 Å². The number of hydrogen-bond donors (Lipinski definition) is 2. The first-order chi connectivity index (χ1) is 18.7. The maximum Gasteiger partial charge on any atom is 0.232 e. The highest BCUT2D eigenvalue weighted by molar-refractivity contribution is 5.94. The van der Waals surface area contributed by atoms with Crippen LogP contribution in [0.1, 0.15) is 62.8 Å². The number of aryl methyl sites for hydroxylation is 2. The van der Waals surface area contributed by atoms with Crippen molar-refractivity contribution < 1.29 is 4.79 Å². The highest BCUT2D eigenvalue weighted by atomic mass is 16.2. The maximum atomic E-state index is 13.4. The quantitative estimate of drug-likeness (QED) is 0.172. The molecule has 3 aromatic rings. The minimum absolute atomic E-state index is 0.140. The number of aromatic amines is 1. The smallest absolute Gasteiger partial charge is 0.232 e. The number of carbonyl (C=O) groups is 1. The number of guanidine groups is 1. The van der Waals surface area contributed by atoms with Gasteiger partial charge in [0.15, 0.2) is 6.19 Å². The van der Waals surface area contributed by atoms with Gasteiger partial charge in [-0.3, -0.25) is 15.1 Å². The lowest BCUT2D eigenvalue weighted by Crippen LogP contribution is -2.43. The van der Waals surface area contributed by atoms with E-state index in [2.05, 4.69) is 71.6 Å². The molecule has 0 unspecified atom stereocenters. The van der Waals surface area contributed by atoms with Crippen molar-refractivity contribution in [3.8, 4) is 17.5 Å². The fraction of sp³-hybridized carbons (Fsp3) is 0.469. The lowest BCUT2D eigenvalue weighted by atomic mass is 9.82. The van der Waals surface area contributed by atoms with Gasteiger partial charge in [0.25, 0.3) is 0 Å². The SMILES string of the molecule is CCN(CC)C(=O)C(C)(C)c1ccc2[nH]c(-c3cc(C)cc(C)c3)c(CCN=C(NC#N)N3CCCC3)c2c1. The zero-order valence-corrected chi connectivity index (χ0v) is 24.3. The van der Waals surface area contributed by atoms with Gasteiger partial charge >= 0.3 is 0 Å². The van der Waals surface area contributed by atoms with Gasteiger partial charge in [0.05, 0.1) is 5.41 Å². The first kappa shape index (κ1) is 28.2. The van der Waals surface area contributed by atoms with Gasteiger partial charge < -0.3 is 14.8 Å². The average molecular weight is 527 g/mol. The normalized spacial score (nSPS) is 14.1. The second kappa shape index (κ2) is 11.9. The number of nitrogens with one attached hydrogen (secondary N) is 2. The van der Waals surface area contributed by atoms with Crippen LogP contribution in [0.5, 0.6) is 0 Å². The number of likely N-dealkylation sites (tertiary alicyclic amines) is 1. The van der Waals surface area contributed by atoms with E-state index in [0.717, 1.165) is 53.7 Å². The summed E-state index contributed by atoms with van der Waals surface area (Å²) in [4.78, 5) is 26.0. The maximum absolute atomic E-state index is 13.4. The topological polar surface area (TPSA) is 87.5 Å². The van der Waals surface area contributed by atoms with E-state index in [0.29, 0.717) is 32.0 Å². The van der Waals surface area contributed by atoms with Crippen LogP contribution in [-0.4, -0.2) is 59.4 Å². The number of benzene rings is 2. The van der Waals surface area contributed by atoms with E-state index >= 15 is 0 Å². The number of amides is 1. The van der Waals surface area contributed by atoms with Crippen LogP contribution in [0.15, 0.2) is 41.4 Å². The number of rotatable bonds is 8. The van der Waals surface area contributed by atoms with Crippen LogP contribution < -0.4 is 5.32 Å². The Hall–Kier alpha value is -3.79. The lowest BCUT2D eigenvalue weighted by molar-refractivity contribution is -0.135. The highest BCUT2D eigenvalue weighted by Crippen LogP contribution is 2.35. The Morgan fingerprint density at radius 2 is 1.77 bits per heavy atom. The third-order valence-corrected chi connectivity index (χ3v) is 7.92. The van der Waals surface area contributed by atoms with E-state index in [1.165, 1.54) is 16.7 Å². The van der Waals surface area contributed by atoms with E-state index in [-0.39, 0.29) is 5.91 Å². The number of aliphatic imine (C=N–C) groups is 1.